The summed E-state index contributed by atoms with van der Waals surface area (Å²) in [5.41, 5.74) is 5.92. The van der Waals surface area contributed by atoms with E-state index in [1.54, 1.807) is 6.07 Å². The molecule has 0 aliphatic carbocycles. The number of para-hydroxylation sites is 1. The number of carbonyl (C=O) groups excluding carboxylic acids is 1. The number of aromatic amines is 1. The van der Waals surface area contributed by atoms with Crippen LogP contribution in [-0.2, 0) is 0 Å². The molecule has 2 aromatic heterocycles. The number of amides is 1. The van der Waals surface area contributed by atoms with Gasteiger partial charge in [-0.3, -0.25) is 9.59 Å². The second-order valence-corrected chi connectivity index (χ2v) is 3.97. The first-order valence-electron chi connectivity index (χ1n) is 5.38. The van der Waals surface area contributed by atoms with Crippen molar-refractivity contribution in [3.8, 4) is 0 Å². The van der Waals surface area contributed by atoms with Crippen LogP contribution < -0.4 is 11.2 Å². The maximum Gasteiger partial charge on any atom is 0.254 e. The first kappa shape index (κ1) is 10.5. The number of rotatable bonds is 1. The fourth-order valence-corrected chi connectivity index (χ4v) is 1.93. The molecule has 0 aliphatic rings. The number of carbonyl (C=O) groups is 1. The lowest BCUT2D eigenvalue weighted by molar-refractivity contribution is 0.0999. The van der Waals surface area contributed by atoms with Gasteiger partial charge in [0.1, 0.15) is 11.2 Å². The predicted octanol–water partition coefficient (Wildman–Crippen LogP) is 1.18. The van der Waals surface area contributed by atoms with E-state index in [4.69, 9.17) is 5.73 Å². The Morgan fingerprint density at radius 2 is 2.06 bits per heavy atom. The second kappa shape index (κ2) is 3.66. The number of nitrogens with two attached hydrogens (primary N) is 1. The van der Waals surface area contributed by atoms with Gasteiger partial charge in [-0.2, -0.15) is 0 Å². The summed E-state index contributed by atoms with van der Waals surface area (Å²) in [5, 5.41) is 1.21. The van der Waals surface area contributed by atoms with E-state index < -0.39 is 11.3 Å². The lowest BCUT2D eigenvalue weighted by Crippen LogP contribution is -2.22. The minimum atomic E-state index is -0.744. The summed E-state index contributed by atoms with van der Waals surface area (Å²) in [6, 6.07) is 9.16. The minimum absolute atomic E-state index is 0.0559. The molecule has 0 saturated heterocycles. The van der Waals surface area contributed by atoms with Crippen molar-refractivity contribution in [2.24, 2.45) is 5.73 Å². The number of H-pyrrole nitrogens is 1. The molecule has 3 rings (SSSR count). The molecule has 0 spiro atoms. The van der Waals surface area contributed by atoms with Crippen molar-refractivity contribution in [1.29, 1.82) is 0 Å². The summed E-state index contributed by atoms with van der Waals surface area (Å²) >= 11 is 0. The smallest absolute Gasteiger partial charge is 0.254 e. The number of hydrogen-bond donors (Lipinski definition) is 2. The van der Waals surface area contributed by atoms with Crippen LogP contribution in [0.4, 0.5) is 0 Å². The Morgan fingerprint density at radius 3 is 2.83 bits per heavy atom. The van der Waals surface area contributed by atoms with Gasteiger partial charge in [0.25, 0.3) is 5.91 Å². The maximum atomic E-state index is 12.1. The summed E-state index contributed by atoms with van der Waals surface area (Å²) in [6.07, 6.45) is 1.30. The largest absolute Gasteiger partial charge is 0.365 e. The lowest BCUT2D eigenvalue weighted by atomic mass is 10.1. The molecule has 5 nitrogen and oxygen atoms in total. The third-order valence-electron chi connectivity index (χ3n) is 2.83. The molecule has 88 valence electrons. The highest BCUT2D eigenvalue weighted by Gasteiger charge is 2.11. The van der Waals surface area contributed by atoms with E-state index in [2.05, 4.69) is 9.97 Å². The number of nitrogens with one attached hydrogen (secondary N) is 1. The molecule has 18 heavy (non-hydrogen) atoms. The van der Waals surface area contributed by atoms with Gasteiger partial charge in [-0.15, -0.1) is 0 Å². The summed E-state index contributed by atoms with van der Waals surface area (Å²) in [5.74, 6) is -0.744. The normalized spacial score (nSPS) is 10.9. The zero-order valence-electron chi connectivity index (χ0n) is 9.31. The van der Waals surface area contributed by atoms with Crippen molar-refractivity contribution < 1.29 is 4.79 Å². The third-order valence-corrected chi connectivity index (χ3v) is 2.83. The predicted molar refractivity (Wildman–Crippen MR) is 68.4 cm³/mol. The highest BCUT2D eigenvalue weighted by molar-refractivity contribution is 5.97. The van der Waals surface area contributed by atoms with Gasteiger partial charge < -0.3 is 10.7 Å². The van der Waals surface area contributed by atoms with Gasteiger partial charge in [-0.25, -0.2) is 4.98 Å². The van der Waals surface area contributed by atoms with Gasteiger partial charge in [-0.05, 0) is 12.1 Å². The average molecular weight is 239 g/mol. The van der Waals surface area contributed by atoms with E-state index in [-0.39, 0.29) is 5.56 Å². The van der Waals surface area contributed by atoms with E-state index in [0.29, 0.717) is 11.0 Å². The summed E-state index contributed by atoms with van der Waals surface area (Å²) in [6.45, 7) is 0. The van der Waals surface area contributed by atoms with Gasteiger partial charge in [0, 0.05) is 11.6 Å². The van der Waals surface area contributed by atoms with Crippen LogP contribution >= 0.6 is 0 Å². The van der Waals surface area contributed by atoms with Crippen LogP contribution in [0.25, 0.3) is 21.9 Å². The summed E-state index contributed by atoms with van der Waals surface area (Å²) < 4.78 is 0. The van der Waals surface area contributed by atoms with E-state index in [0.717, 1.165) is 10.9 Å². The Kier molecular flexibility index (Phi) is 2.13. The van der Waals surface area contributed by atoms with E-state index in [1.165, 1.54) is 6.20 Å². The molecular weight excluding hydrogens is 230 g/mol. The molecule has 3 aromatic rings. The van der Waals surface area contributed by atoms with Gasteiger partial charge in [0.2, 0.25) is 5.43 Å². The van der Waals surface area contributed by atoms with E-state index in [1.807, 2.05) is 24.3 Å². The number of primary amides is 1. The number of nitrogens with zero attached hydrogens (tertiary/aromatic N) is 1. The average Bonchev–Trinajstić information content (AvgIpc) is 2.37. The van der Waals surface area contributed by atoms with Crippen LogP contribution in [0.3, 0.4) is 0 Å². The number of fused-ring (bicyclic) bond motifs is 2. The second-order valence-electron chi connectivity index (χ2n) is 3.97. The van der Waals surface area contributed by atoms with Crippen molar-refractivity contribution >= 4 is 27.8 Å². The molecule has 0 atom stereocenters. The SMILES string of the molecule is NC(=O)c1c[nH]c2nc3ccccc3cc2c1=O. The molecule has 0 bridgehead atoms. The zero-order valence-corrected chi connectivity index (χ0v) is 9.31. The molecule has 0 saturated carbocycles. The summed E-state index contributed by atoms with van der Waals surface area (Å²) in [4.78, 5) is 30.3. The van der Waals surface area contributed by atoms with Crippen LogP contribution in [0.1, 0.15) is 10.4 Å². The maximum absolute atomic E-state index is 12.1. The van der Waals surface area contributed by atoms with Crippen LogP contribution in [0, 0.1) is 0 Å². The molecule has 1 amide bonds. The fraction of sp³-hybridized carbons (Fsp3) is 0. The fourth-order valence-electron chi connectivity index (χ4n) is 1.93. The number of aromatic nitrogens is 2. The number of hydrogen-bond acceptors (Lipinski definition) is 3. The first-order valence-corrected chi connectivity index (χ1v) is 5.38. The molecular formula is C13H9N3O2. The van der Waals surface area contributed by atoms with Gasteiger partial charge >= 0.3 is 0 Å². The molecule has 5 heteroatoms. The van der Waals surface area contributed by atoms with Crippen molar-refractivity contribution in [3.05, 3.63) is 52.3 Å². The Balaban J connectivity index is 2.48. The van der Waals surface area contributed by atoms with Crippen LogP contribution in [0.2, 0.25) is 0 Å². The highest BCUT2D eigenvalue weighted by Crippen LogP contribution is 2.15. The van der Waals surface area contributed by atoms with E-state index >= 15 is 0 Å². The molecule has 3 N–H and O–H groups in total. The Morgan fingerprint density at radius 1 is 1.28 bits per heavy atom. The topological polar surface area (TPSA) is 88.8 Å². The van der Waals surface area contributed by atoms with Crippen molar-refractivity contribution in [2.45, 2.75) is 0 Å². The Labute approximate surface area is 101 Å². The quantitative estimate of drug-likeness (QED) is 0.625. The highest BCUT2D eigenvalue weighted by atomic mass is 16.2. The minimum Gasteiger partial charge on any atom is -0.365 e. The molecule has 2 heterocycles. The van der Waals surface area contributed by atoms with E-state index in [9.17, 15) is 9.59 Å². The molecule has 0 radical (unpaired) electrons. The zero-order chi connectivity index (χ0) is 12.7. The lowest BCUT2D eigenvalue weighted by Gasteiger charge is -2.02. The van der Waals surface area contributed by atoms with Crippen LogP contribution in [-0.4, -0.2) is 15.9 Å². The Bertz CT molecular complexity index is 836. The monoisotopic (exact) mass is 239 g/mol. The van der Waals surface area contributed by atoms with Crippen molar-refractivity contribution in [3.63, 3.8) is 0 Å². The number of benzene rings is 1. The molecule has 0 unspecified atom stereocenters. The van der Waals surface area contributed by atoms with Crippen LogP contribution in [0.15, 0.2) is 41.3 Å². The van der Waals surface area contributed by atoms with Crippen molar-refractivity contribution in [1.82, 2.24) is 9.97 Å². The standard InChI is InChI=1S/C13H9N3O2/c14-12(18)9-6-15-13-8(11(9)17)5-7-3-1-2-4-10(7)16-13/h1-6H,(H2,14,18)(H,15,16,17). The molecule has 1 aromatic carbocycles. The van der Waals surface area contributed by atoms with Gasteiger partial charge in [0.15, 0.2) is 0 Å². The van der Waals surface area contributed by atoms with Crippen LogP contribution in [0.5, 0.6) is 0 Å². The molecule has 0 aliphatic heterocycles. The third kappa shape index (κ3) is 1.45. The van der Waals surface area contributed by atoms with Gasteiger partial charge in [-0.1, -0.05) is 18.2 Å². The number of pyridine rings is 2. The summed E-state index contributed by atoms with van der Waals surface area (Å²) in [7, 11) is 0. The Hall–Kier alpha value is -2.69. The first-order chi connectivity index (χ1) is 8.66. The van der Waals surface area contributed by atoms with Gasteiger partial charge in [0.05, 0.1) is 10.9 Å². The molecule has 0 fully saturated rings. The van der Waals surface area contributed by atoms with Crippen molar-refractivity contribution in [2.75, 3.05) is 0 Å².